The third kappa shape index (κ3) is 3.43. The molecule has 1 aromatic carbocycles. The molecular formula is C21H26N4O. The first-order valence-electron chi connectivity index (χ1n) is 9.72. The third-order valence-electron chi connectivity index (χ3n) is 5.52. The molecule has 0 radical (unpaired) electrons. The summed E-state index contributed by atoms with van der Waals surface area (Å²) >= 11 is 0. The van der Waals surface area contributed by atoms with Crippen molar-refractivity contribution in [2.75, 3.05) is 10.2 Å². The summed E-state index contributed by atoms with van der Waals surface area (Å²) in [6.07, 6.45) is 9.88. The molecule has 1 atom stereocenters. The minimum absolute atomic E-state index is 0.0474. The number of amides is 1. The Hall–Kier alpha value is -2.43. The summed E-state index contributed by atoms with van der Waals surface area (Å²) in [5.74, 6) is 0.712. The zero-order valence-electron chi connectivity index (χ0n) is 15.3. The van der Waals surface area contributed by atoms with Crippen LogP contribution in [0.2, 0.25) is 0 Å². The minimum Gasteiger partial charge on any atom is -0.367 e. The van der Waals surface area contributed by atoms with Crippen molar-refractivity contribution in [2.24, 2.45) is 0 Å². The van der Waals surface area contributed by atoms with Crippen LogP contribution in [0.4, 0.5) is 11.5 Å². The molecule has 1 unspecified atom stereocenters. The van der Waals surface area contributed by atoms with Gasteiger partial charge in [0.05, 0.1) is 0 Å². The molecule has 2 aromatic rings. The van der Waals surface area contributed by atoms with Crippen molar-refractivity contribution < 1.29 is 4.79 Å². The molecule has 1 N–H and O–H groups in total. The molecule has 26 heavy (non-hydrogen) atoms. The highest BCUT2D eigenvalue weighted by molar-refractivity contribution is 6.06. The minimum atomic E-state index is -0.0474. The summed E-state index contributed by atoms with van der Waals surface area (Å²) in [5, 5.41) is 3.52. The molecule has 5 heteroatoms. The van der Waals surface area contributed by atoms with Gasteiger partial charge in [-0.2, -0.15) is 0 Å². The van der Waals surface area contributed by atoms with Crippen molar-refractivity contribution >= 4 is 17.4 Å². The molecule has 2 aliphatic rings. The largest absolute Gasteiger partial charge is 0.367 e. The molecule has 136 valence electrons. The average Bonchev–Trinajstić information content (AvgIpc) is 2.81. The Morgan fingerprint density at radius 1 is 1.12 bits per heavy atom. The summed E-state index contributed by atoms with van der Waals surface area (Å²) < 4.78 is 0. The first-order valence-corrected chi connectivity index (χ1v) is 9.72. The maximum atomic E-state index is 13.1. The second kappa shape index (κ2) is 7.44. The van der Waals surface area contributed by atoms with Crippen molar-refractivity contribution in [3.8, 4) is 0 Å². The number of para-hydroxylation sites is 1. The van der Waals surface area contributed by atoms with Crippen LogP contribution in [0.15, 0.2) is 36.7 Å². The van der Waals surface area contributed by atoms with Crippen molar-refractivity contribution in [1.29, 1.82) is 0 Å². The van der Waals surface area contributed by atoms with Gasteiger partial charge in [-0.15, -0.1) is 0 Å². The van der Waals surface area contributed by atoms with E-state index in [9.17, 15) is 4.79 Å². The van der Waals surface area contributed by atoms with Crippen LogP contribution in [0.1, 0.15) is 61.5 Å². The highest BCUT2D eigenvalue weighted by Gasteiger charge is 2.32. The third-order valence-corrected chi connectivity index (χ3v) is 5.52. The summed E-state index contributed by atoms with van der Waals surface area (Å²) in [5.41, 5.74) is 2.68. The predicted molar refractivity (Wildman–Crippen MR) is 104 cm³/mol. The molecule has 1 fully saturated rings. The standard InChI is InChI=1S/C21H26N4O/c1-15-12-16-8-6-7-11-19(16)25(15)21(26)18-13-20(23-14-22-18)24-17-9-4-2-3-5-10-17/h6-8,11,13-15,17H,2-5,9-10,12H2,1H3,(H,22,23,24). The molecule has 1 aromatic heterocycles. The summed E-state index contributed by atoms with van der Waals surface area (Å²) in [7, 11) is 0. The quantitative estimate of drug-likeness (QED) is 0.843. The second-order valence-electron chi connectivity index (χ2n) is 7.48. The number of hydrogen-bond acceptors (Lipinski definition) is 4. The molecule has 0 saturated heterocycles. The highest BCUT2D eigenvalue weighted by Crippen LogP contribution is 2.33. The van der Waals surface area contributed by atoms with Gasteiger partial charge in [-0.05, 0) is 37.8 Å². The Kier molecular flexibility index (Phi) is 4.87. The van der Waals surface area contributed by atoms with Gasteiger partial charge in [-0.1, -0.05) is 43.9 Å². The van der Waals surface area contributed by atoms with Crippen LogP contribution in [-0.2, 0) is 6.42 Å². The Balaban J connectivity index is 1.53. The van der Waals surface area contributed by atoms with Crippen LogP contribution in [0.25, 0.3) is 0 Å². The van der Waals surface area contributed by atoms with Crippen LogP contribution >= 0.6 is 0 Å². The van der Waals surface area contributed by atoms with Gasteiger partial charge >= 0.3 is 0 Å². The van der Waals surface area contributed by atoms with Crippen molar-refractivity contribution in [1.82, 2.24) is 9.97 Å². The van der Waals surface area contributed by atoms with E-state index >= 15 is 0 Å². The van der Waals surface area contributed by atoms with E-state index in [2.05, 4.69) is 28.3 Å². The smallest absolute Gasteiger partial charge is 0.277 e. The Morgan fingerprint density at radius 3 is 2.69 bits per heavy atom. The van der Waals surface area contributed by atoms with Crippen molar-refractivity contribution in [3.05, 3.63) is 47.9 Å². The van der Waals surface area contributed by atoms with Crippen LogP contribution < -0.4 is 10.2 Å². The molecule has 2 heterocycles. The fourth-order valence-corrected chi connectivity index (χ4v) is 4.18. The molecule has 1 amide bonds. The molecule has 0 bridgehead atoms. The lowest BCUT2D eigenvalue weighted by atomic mass is 10.1. The van der Waals surface area contributed by atoms with E-state index in [-0.39, 0.29) is 11.9 Å². The maximum absolute atomic E-state index is 13.1. The zero-order valence-corrected chi connectivity index (χ0v) is 15.3. The van der Waals surface area contributed by atoms with Gasteiger partial charge in [0.25, 0.3) is 5.91 Å². The maximum Gasteiger partial charge on any atom is 0.277 e. The number of benzene rings is 1. The van der Waals surface area contributed by atoms with E-state index in [0.29, 0.717) is 11.7 Å². The fraction of sp³-hybridized carbons (Fsp3) is 0.476. The zero-order chi connectivity index (χ0) is 17.9. The van der Waals surface area contributed by atoms with E-state index in [1.807, 2.05) is 23.1 Å². The van der Waals surface area contributed by atoms with Crippen LogP contribution in [0.3, 0.4) is 0 Å². The lowest BCUT2D eigenvalue weighted by Gasteiger charge is -2.23. The second-order valence-corrected chi connectivity index (χ2v) is 7.48. The molecule has 1 saturated carbocycles. The molecule has 1 aliphatic heterocycles. The van der Waals surface area contributed by atoms with E-state index in [4.69, 9.17) is 0 Å². The van der Waals surface area contributed by atoms with E-state index in [1.54, 1.807) is 6.07 Å². The predicted octanol–water partition coefficient (Wildman–Crippen LogP) is 4.20. The molecule has 4 rings (SSSR count). The van der Waals surface area contributed by atoms with Gasteiger partial charge in [0.1, 0.15) is 17.8 Å². The van der Waals surface area contributed by atoms with E-state index in [1.165, 1.54) is 50.4 Å². The van der Waals surface area contributed by atoms with Gasteiger partial charge in [-0.25, -0.2) is 9.97 Å². The first-order chi connectivity index (χ1) is 12.7. The van der Waals surface area contributed by atoms with Gasteiger partial charge in [0.15, 0.2) is 0 Å². The Morgan fingerprint density at radius 2 is 1.88 bits per heavy atom. The van der Waals surface area contributed by atoms with Gasteiger partial charge < -0.3 is 10.2 Å². The summed E-state index contributed by atoms with van der Waals surface area (Å²) in [4.78, 5) is 23.6. The average molecular weight is 350 g/mol. The molecule has 1 aliphatic carbocycles. The van der Waals surface area contributed by atoms with Gasteiger partial charge in [-0.3, -0.25) is 4.79 Å². The number of nitrogens with one attached hydrogen (secondary N) is 1. The molecular weight excluding hydrogens is 324 g/mol. The Bertz CT molecular complexity index is 783. The lowest BCUT2D eigenvalue weighted by Crippen LogP contribution is -2.36. The van der Waals surface area contributed by atoms with Gasteiger partial charge in [0.2, 0.25) is 0 Å². The van der Waals surface area contributed by atoms with Crippen LogP contribution in [0, 0.1) is 0 Å². The normalized spacial score (nSPS) is 20.5. The number of anilines is 2. The monoisotopic (exact) mass is 350 g/mol. The van der Waals surface area contributed by atoms with E-state index in [0.717, 1.165) is 17.9 Å². The van der Waals surface area contributed by atoms with Crippen LogP contribution in [-0.4, -0.2) is 28.0 Å². The summed E-state index contributed by atoms with van der Waals surface area (Å²) in [6.45, 7) is 2.09. The number of hydrogen-bond donors (Lipinski definition) is 1. The van der Waals surface area contributed by atoms with E-state index < -0.39 is 0 Å². The first kappa shape index (κ1) is 17.0. The van der Waals surface area contributed by atoms with Crippen molar-refractivity contribution in [3.63, 3.8) is 0 Å². The van der Waals surface area contributed by atoms with Crippen molar-refractivity contribution in [2.45, 2.75) is 64.0 Å². The number of aromatic nitrogens is 2. The number of nitrogens with zero attached hydrogens (tertiary/aromatic N) is 3. The number of carbonyl (C=O) groups excluding carboxylic acids is 1. The SMILES string of the molecule is CC1Cc2ccccc2N1C(=O)c1cc(NC2CCCCCC2)ncn1. The molecule has 5 nitrogen and oxygen atoms in total. The summed E-state index contributed by atoms with van der Waals surface area (Å²) in [6, 6.07) is 10.5. The number of fused-ring (bicyclic) bond motifs is 1. The highest BCUT2D eigenvalue weighted by atomic mass is 16.2. The molecule has 0 spiro atoms. The topological polar surface area (TPSA) is 58.1 Å². The lowest BCUT2D eigenvalue weighted by molar-refractivity contribution is 0.0976. The number of rotatable bonds is 3. The number of carbonyl (C=O) groups is 1. The van der Waals surface area contributed by atoms with Crippen LogP contribution in [0.5, 0.6) is 0 Å². The fourth-order valence-electron chi connectivity index (χ4n) is 4.18. The Labute approximate surface area is 154 Å². The van der Waals surface area contributed by atoms with Gasteiger partial charge in [0, 0.05) is 23.8 Å².